The Labute approximate surface area is 142 Å². The molecule has 7 heteroatoms. The fraction of sp³-hybridized carbons (Fsp3) is 0.294. The molecule has 3 rings (SSSR count). The van der Waals surface area contributed by atoms with Crippen molar-refractivity contribution < 1.29 is 18.4 Å². The lowest BCUT2D eigenvalue weighted by molar-refractivity contribution is 0.0537. The van der Waals surface area contributed by atoms with Gasteiger partial charge in [0.05, 0.1) is 4.88 Å². The Morgan fingerprint density at radius 2 is 1.46 bits per heavy atom. The number of thiophene rings is 1. The summed E-state index contributed by atoms with van der Waals surface area (Å²) in [6.07, 6.45) is 0. The van der Waals surface area contributed by atoms with Crippen molar-refractivity contribution in [2.75, 3.05) is 26.2 Å². The number of carbonyl (C=O) groups excluding carboxylic acids is 2. The summed E-state index contributed by atoms with van der Waals surface area (Å²) in [5.41, 5.74) is -0.0128. The van der Waals surface area contributed by atoms with Crippen LogP contribution in [-0.4, -0.2) is 47.8 Å². The zero-order valence-corrected chi connectivity index (χ0v) is 13.9. The van der Waals surface area contributed by atoms with Crippen molar-refractivity contribution in [3.05, 3.63) is 57.3 Å². The summed E-state index contributed by atoms with van der Waals surface area (Å²) in [5, 5.41) is 0. The van der Waals surface area contributed by atoms with Gasteiger partial charge >= 0.3 is 0 Å². The van der Waals surface area contributed by atoms with Crippen LogP contribution < -0.4 is 0 Å². The SMILES string of the molecule is Cc1ccc(C(=O)N2CCN(C(=O)c3cc(F)cc(F)c3)CC2)s1. The molecule has 1 aliphatic heterocycles. The largest absolute Gasteiger partial charge is 0.335 e. The molecule has 1 aromatic heterocycles. The molecular weight excluding hydrogens is 334 g/mol. The molecule has 0 N–H and O–H groups in total. The first-order valence-corrected chi connectivity index (χ1v) is 8.37. The average Bonchev–Trinajstić information content (AvgIpc) is 2.99. The number of carbonyl (C=O) groups is 2. The number of piperazine rings is 1. The molecule has 0 aliphatic carbocycles. The third-order valence-corrected chi connectivity index (χ3v) is 4.90. The molecule has 1 aromatic carbocycles. The average molecular weight is 350 g/mol. The zero-order chi connectivity index (χ0) is 17.3. The fourth-order valence-electron chi connectivity index (χ4n) is 2.68. The molecule has 4 nitrogen and oxygen atoms in total. The molecule has 2 amide bonds. The van der Waals surface area contributed by atoms with Crippen molar-refractivity contribution in [1.82, 2.24) is 9.80 Å². The maximum atomic E-state index is 13.3. The highest BCUT2D eigenvalue weighted by Crippen LogP contribution is 2.19. The molecular formula is C17H16F2N2O2S. The molecule has 0 radical (unpaired) electrons. The highest BCUT2D eigenvalue weighted by molar-refractivity contribution is 7.13. The second kappa shape index (κ2) is 6.68. The Morgan fingerprint density at radius 3 is 1.96 bits per heavy atom. The molecule has 2 heterocycles. The molecule has 0 unspecified atom stereocenters. The van der Waals surface area contributed by atoms with Crippen LogP contribution in [0.3, 0.4) is 0 Å². The first-order chi connectivity index (χ1) is 11.4. The van der Waals surface area contributed by atoms with Crippen molar-refractivity contribution in [1.29, 1.82) is 0 Å². The number of hydrogen-bond acceptors (Lipinski definition) is 3. The minimum atomic E-state index is -0.778. The van der Waals surface area contributed by atoms with Gasteiger partial charge in [-0.2, -0.15) is 0 Å². The second-order valence-corrected chi connectivity index (χ2v) is 6.94. The normalized spacial score (nSPS) is 14.8. The Hall–Kier alpha value is -2.28. The first-order valence-electron chi connectivity index (χ1n) is 7.55. The van der Waals surface area contributed by atoms with Crippen LogP contribution in [0.1, 0.15) is 24.9 Å². The van der Waals surface area contributed by atoms with Crippen LogP contribution >= 0.6 is 11.3 Å². The minimum Gasteiger partial charge on any atom is -0.335 e. The second-order valence-electron chi connectivity index (χ2n) is 5.65. The smallest absolute Gasteiger partial charge is 0.264 e. The van der Waals surface area contributed by atoms with Gasteiger partial charge in [-0.1, -0.05) is 0 Å². The van der Waals surface area contributed by atoms with E-state index in [9.17, 15) is 18.4 Å². The van der Waals surface area contributed by atoms with Crippen molar-refractivity contribution in [2.24, 2.45) is 0 Å². The predicted octanol–water partition coefficient (Wildman–Crippen LogP) is 2.93. The molecule has 0 bridgehead atoms. The molecule has 0 saturated carbocycles. The third-order valence-electron chi connectivity index (χ3n) is 3.91. The Balaban J connectivity index is 1.64. The summed E-state index contributed by atoms with van der Waals surface area (Å²) in [7, 11) is 0. The lowest BCUT2D eigenvalue weighted by Crippen LogP contribution is -2.50. The van der Waals surface area contributed by atoms with E-state index >= 15 is 0 Å². The van der Waals surface area contributed by atoms with E-state index in [0.717, 1.165) is 23.1 Å². The quantitative estimate of drug-likeness (QED) is 0.836. The van der Waals surface area contributed by atoms with Gasteiger partial charge in [0.1, 0.15) is 11.6 Å². The van der Waals surface area contributed by atoms with Gasteiger partial charge in [-0.25, -0.2) is 8.78 Å². The molecule has 0 atom stereocenters. The monoisotopic (exact) mass is 350 g/mol. The summed E-state index contributed by atoms with van der Waals surface area (Å²) < 4.78 is 26.5. The fourth-order valence-corrected chi connectivity index (χ4v) is 3.51. The van der Waals surface area contributed by atoms with Gasteiger partial charge in [0.15, 0.2) is 0 Å². The van der Waals surface area contributed by atoms with Crippen LogP contribution in [0.15, 0.2) is 30.3 Å². The van der Waals surface area contributed by atoms with E-state index in [0.29, 0.717) is 31.1 Å². The summed E-state index contributed by atoms with van der Waals surface area (Å²) in [6, 6.07) is 6.48. The topological polar surface area (TPSA) is 40.6 Å². The van der Waals surface area contributed by atoms with E-state index in [2.05, 4.69) is 0 Å². The van der Waals surface area contributed by atoms with Gasteiger partial charge in [-0.05, 0) is 31.2 Å². The number of aryl methyl sites for hydroxylation is 1. The van der Waals surface area contributed by atoms with Crippen molar-refractivity contribution in [3.63, 3.8) is 0 Å². The van der Waals surface area contributed by atoms with Gasteiger partial charge in [-0.3, -0.25) is 9.59 Å². The molecule has 1 fully saturated rings. The predicted molar refractivity (Wildman–Crippen MR) is 87.2 cm³/mol. The summed E-state index contributed by atoms with van der Waals surface area (Å²) in [5.74, 6) is -2.02. The number of benzene rings is 1. The first kappa shape index (κ1) is 16.6. The summed E-state index contributed by atoms with van der Waals surface area (Å²) >= 11 is 1.44. The van der Waals surface area contributed by atoms with E-state index in [1.54, 1.807) is 11.0 Å². The van der Waals surface area contributed by atoms with Crippen LogP contribution in [0.25, 0.3) is 0 Å². The van der Waals surface area contributed by atoms with E-state index in [1.165, 1.54) is 16.2 Å². The van der Waals surface area contributed by atoms with Gasteiger partial charge in [0.2, 0.25) is 0 Å². The van der Waals surface area contributed by atoms with Gasteiger partial charge in [0, 0.05) is 42.7 Å². The van der Waals surface area contributed by atoms with Crippen LogP contribution in [0.5, 0.6) is 0 Å². The van der Waals surface area contributed by atoms with E-state index in [1.807, 2.05) is 13.0 Å². The standard InChI is InChI=1S/C17H16F2N2O2S/c1-11-2-3-15(24-11)17(23)21-6-4-20(5-7-21)16(22)12-8-13(18)10-14(19)9-12/h2-3,8-10H,4-7H2,1H3. The zero-order valence-electron chi connectivity index (χ0n) is 13.1. The van der Waals surface area contributed by atoms with Crippen LogP contribution in [0, 0.1) is 18.6 Å². The van der Waals surface area contributed by atoms with Gasteiger partial charge in [-0.15, -0.1) is 11.3 Å². The Morgan fingerprint density at radius 1 is 0.917 bits per heavy atom. The van der Waals surface area contributed by atoms with Crippen LogP contribution in [0.4, 0.5) is 8.78 Å². The Bertz CT molecular complexity index is 762. The van der Waals surface area contributed by atoms with Crippen LogP contribution in [0.2, 0.25) is 0 Å². The Kier molecular flexibility index (Phi) is 4.62. The van der Waals surface area contributed by atoms with Crippen molar-refractivity contribution >= 4 is 23.2 Å². The maximum absolute atomic E-state index is 13.3. The van der Waals surface area contributed by atoms with Crippen molar-refractivity contribution in [3.8, 4) is 0 Å². The molecule has 24 heavy (non-hydrogen) atoms. The highest BCUT2D eigenvalue weighted by Gasteiger charge is 2.26. The van der Waals surface area contributed by atoms with Crippen molar-refractivity contribution in [2.45, 2.75) is 6.92 Å². The van der Waals surface area contributed by atoms with E-state index in [-0.39, 0.29) is 11.5 Å². The molecule has 1 aliphatic rings. The summed E-state index contributed by atoms with van der Waals surface area (Å²) in [6.45, 7) is 3.43. The lowest BCUT2D eigenvalue weighted by Gasteiger charge is -2.34. The highest BCUT2D eigenvalue weighted by atomic mass is 32.1. The maximum Gasteiger partial charge on any atom is 0.264 e. The molecule has 2 aromatic rings. The molecule has 1 saturated heterocycles. The number of nitrogens with zero attached hydrogens (tertiary/aromatic N) is 2. The molecule has 126 valence electrons. The van der Waals surface area contributed by atoms with E-state index < -0.39 is 17.5 Å². The summed E-state index contributed by atoms with van der Waals surface area (Å²) in [4.78, 5) is 29.7. The number of amides is 2. The lowest BCUT2D eigenvalue weighted by atomic mass is 10.1. The van der Waals surface area contributed by atoms with Crippen LogP contribution in [-0.2, 0) is 0 Å². The number of halogens is 2. The van der Waals surface area contributed by atoms with Gasteiger partial charge < -0.3 is 9.80 Å². The number of hydrogen-bond donors (Lipinski definition) is 0. The minimum absolute atomic E-state index is 0.0128. The third kappa shape index (κ3) is 3.46. The van der Waals surface area contributed by atoms with Gasteiger partial charge in [0.25, 0.3) is 11.8 Å². The molecule has 0 spiro atoms. The number of rotatable bonds is 2. The van der Waals surface area contributed by atoms with E-state index in [4.69, 9.17) is 0 Å².